The van der Waals surface area contributed by atoms with Crippen LogP contribution < -0.4 is 16.4 Å². The maximum absolute atomic E-state index is 12.7. The second kappa shape index (κ2) is 8.28. The van der Waals surface area contributed by atoms with Crippen molar-refractivity contribution in [1.82, 2.24) is 4.90 Å². The van der Waals surface area contributed by atoms with Crippen molar-refractivity contribution in [2.75, 3.05) is 24.7 Å². The minimum atomic E-state index is -0.688. The fraction of sp³-hybridized carbons (Fsp3) is 0.192. The molecule has 4 N–H and O–H groups in total. The Balaban J connectivity index is 1.54. The Morgan fingerprint density at radius 2 is 1.61 bits per heavy atom. The van der Waals surface area contributed by atoms with Crippen LogP contribution in [0.3, 0.4) is 0 Å². The topological polar surface area (TPSA) is 70.4 Å². The fourth-order valence-electron chi connectivity index (χ4n) is 3.93. The molecule has 0 spiro atoms. The largest absolute Gasteiger partial charge is 0.377 e. The molecule has 0 fully saturated rings. The van der Waals surface area contributed by atoms with E-state index >= 15 is 0 Å². The number of carbonyl (C=O) groups excluding carboxylic acids is 1. The highest BCUT2D eigenvalue weighted by atomic mass is 16.1. The van der Waals surface area contributed by atoms with Crippen molar-refractivity contribution in [2.45, 2.75) is 18.6 Å². The van der Waals surface area contributed by atoms with Crippen molar-refractivity contribution < 1.29 is 4.79 Å². The normalized spacial score (nSPS) is 18.3. The third-order valence-electron chi connectivity index (χ3n) is 5.52. The number of fused-ring (bicyclic) bond motifs is 1. The average molecular weight is 413 g/mol. The second-order valence-corrected chi connectivity index (χ2v) is 8.25. The van der Waals surface area contributed by atoms with Crippen molar-refractivity contribution in [3.05, 3.63) is 102 Å². The van der Waals surface area contributed by atoms with Crippen LogP contribution in [-0.4, -0.2) is 30.4 Å². The van der Waals surface area contributed by atoms with Gasteiger partial charge in [-0.25, -0.2) is 0 Å². The maximum atomic E-state index is 12.7. The molecule has 5 nitrogen and oxygen atoms in total. The van der Waals surface area contributed by atoms with Crippen LogP contribution >= 0.6 is 0 Å². The van der Waals surface area contributed by atoms with Gasteiger partial charge in [0.15, 0.2) is 5.78 Å². The zero-order valence-corrected chi connectivity index (χ0v) is 18.1. The second-order valence-electron chi connectivity index (χ2n) is 8.25. The Hall–Kier alpha value is -3.57. The molecule has 4 rings (SSSR count). The van der Waals surface area contributed by atoms with Crippen molar-refractivity contribution in [1.29, 1.82) is 0 Å². The predicted molar refractivity (Wildman–Crippen MR) is 128 cm³/mol. The first-order chi connectivity index (χ1) is 14.9. The summed E-state index contributed by atoms with van der Waals surface area (Å²) in [5.74, 6) is -0.0858. The Kier molecular flexibility index (Phi) is 5.53. The molecule has 1 aliphatic heterocycles. The lowest BCUT2D eigenvalue weighted by Gasteiger charge is -2.38. The van der Waals surface area contributed by atoms with Crippen molar-refractivity contribution in [2.24, 2.45) is 5.73 Å². The summed E-state index contributed by atoms with van der Waals surface area (Å²) in [6.45, 7) is 2.10. The molecule has 0 aromatic heterocycles. The highest BCUT2D eigenvalue weighted by Crippen LogP contribution is 2.35. The van der Waals surface area contributed by atoms with Crippen LogP contribution in [-0.2, 0) is 0 Å². The summed E-state index contributed by atoms with van der Waals surface area (Å²) in [5.41, 5.74) is 11.5. The number of nitrogens with two attached hydrogens (primary N) is 1. The number of carbonyl (C=O) groups is 1. The molecule has 0 saturated carbocycles. The van der Waals surface area contributed by atoms with Gasteiger partial charge in [-0.05, 0) is 36.8 Å². The van der Waals surface area contributed by atoms with Gasteiger partial charge in [-0.3, -0.25) is 4.79 Å². The summed E-state index contributed by atoms with van der Waals surface area (Å²) >= 11 is 0. The zero-order chi connectivity index (χ0) is 22.0. The number of Topliss-reactive ketones (excluding diaryl/α,β-unsaturated/α-hetero) is 1. The average Bonchev–Trinajstić information content (AvgIpc) is 2.78. The summed E-state index contributed by atoms with van der Waals surface area (Å²) in [5, 5.41) is 7.16. The number of hydrogen-bond acceptors (Lipinski definition) is 5. The molecule has 2 unspecified atom stereocenters. The van der Waals surface area contributed by atoms with Crippen LogP contribution in [0.1, 0.15) is 34.5 Å². The zero-order valence-electron chi connectivity index (χ0n) is 18.1. The van der Waals surface area contributed by atoms with E-state index in [2.05, 4.69) is 40.7 Å². The summed E-state index contributed by atoms with van der Waals surface area (Å²) < 4.78 is 0. The van der Waals surface area contributed by atoms with Crippen LogP contribution in [0.15, 0.2) is 84.9 Å². The number of anilines is 2. The molecule has 1 aliphatic rings. The number of benzene rings is 3. The lowest BCUT2D eigenvalue weighted by Crippen LogP contribution is -2.44. The molecular weight excluding hydrogens is 384 g/mol. The monoisotopic (exact) mass is 412 g/mol. The molecule has 3 aromatic carbocycles. The third kappa shape index (κ3) is 4.32. The molecule has 3 aromatic rings. The van der Waals surface area contributed by atoms with E-state index in [-0.39, 0.29) is 5.78 Å². The summed E-state index contributed by atoms with van der Waals surface area (Å²) in [4.78, 5) is 14.8. The Bertz CT molecular complexity index is 1110. The van der Waals surface area contributed by atoms with Gasteiger partial charge in [-0.15, -0.1) is 0 Å². The number of nitrogens with zero attached hydrogens (tertiary/aromatic N) is 1. The van der Waals surface area contributed by atoms with Crippen LogP contribution in [0, 0.1) is 0 Å². The SMILES string of the molecule is CN(C)C1=CC(C)(Nc2ccc(C(N)C(=O)c3ccccc3)cc2)Nc2ccccc21. The van der Waals surface area contributed by atoms with E-state index < -0.39 is 11.7 Å². The highest BCUT2D eigenvalue weighted by molar-refractivity contribution is 6.00. The van der Waals surface area contributed by atoms with E-state index in [1.165, 1.54) is 5.56 Å². The van der Waals surface area contributed by atoms with Crippen LogP contribution in [0.5, 0.6) is 0 Å². The molecule has 158 valence electrons. The number of ketones is 1. The summed E-state index contributed by atoms with van der Waals surface area (Å²) in [6, 6.07) is 24.5. The standard InChI is InChI=1S/C26H28N4O/c1-26(17-23(30(2)3)21-11-7-8-12-22(21)29-26)28-20-15-13-18(14-16-20)24(27)25(31)19-9-5-4-6-10-19/h4-17,24,28-29H,27H2,1-3H3. The van der Waals surface area contributed by atoms with Crippen LogP contribution in [0.4, 0.5) is 11.4 Å². The molecular formula is C26H28N4O. The molecule has 0 amide bonds. The van der Waals surface area contributed by atoms with Gasteiger partial charge in [0, 0.05) is 42.3 Å². The molecule has 2 atom stereocenters. The number of hydrogen-bond donors (Lipinski definition) is 3. The van der Waals surface area contributed by atoms with Gasteiger partial charge in [0.05, 0.1) is 6.04 Å². The molecule has 0 radical (unpaired) electrons. The van der Waals surface area contributed by atoms with Gasteiger partial charge in [0.1, 0.15) is 5.66 Å². The van der Waals surface area contributed by atoms with E-state index in [1.807, 2.05) is 68.7 Å². The van der Waals surface area contributed by atoms with Gasteiger partial charge >= 0.3 is 0 Å². The molecule has 5 heteroatoms. The molecule has 31 heavy (non-hydrogen) atoms. The third-order valence-corrected chi connectivity index (χ3v) is 5.52. The molecule has 1 heterocycles. The van der Waals surface area contributed by atoms with Gasteiger partial charge < -0.3 is 21.3 Å². The lowest BCUT2D eigenvalue weighted by atomic mass is 9.96. The fourth-order valence-corrected chi connectivity index (χ4v) is 3.93. The summed E-state index contributed by atoms with van der Waals surface area (Å²) in [7, 11) is 4.10. The van der Waals surface area contributed by atoms with Crippen molar-refractivity contribution in [3.8, 4) is 0 Å². The van der Waals surface area contributed by atoms with Gasteiger partial charge in [0.2, 0.25) is 0 Å². The van der Waals surface area contributed by atoms with E-state index in [0.29, 0.717) is 5.56 Å². The summed E-state index contributed by atoms with van der Waals surface area (Å²) in [6.07, 6.45) is 2.19. The van der Waals surface area contributed by atoms with Crippen molar-refractivity contribution >= 4 is 22.9 Å². The first-order valence-electron chi connectivity index (χ1n) is 10.4. The van der Waals surface area contributed by atoms with Gasteiger partial charge in [-0.1, -0.05) is 60.7 Å². The van der Waals surface area contributed by atoms with E-state index in [9.17, 15) is 4.79 Å². The Morgan fingerprint density at radius 1 is 0.968 bits per heavy atom. The molecule has 0 bridgehead atoms. The van der Waals surface area contributed by atoms with Crippen molar-refractivity contribution in [3.63, 3.8) is 0 Å². The van der Waals surface area contributed by atoms with Gasteiger partial charge in [-0.2, -0.15) is 0 Å². The van der Waals surface area contributed by atoms with E-state index in [1.54, 1.807) is 12.1 Å². The number of para-hydroxylation sites is 1. The van der Waals surface area contributed by atoms with Crippen LogP contribution in [0.2, 0.25) is 0 Å². The minimum absolute atomic E-state index is 0.0858. The molecule has 0 aliphatic carbocycles. The van der Waals surface area contributed by atoms with E-state index in [4.69, 9.17) is 5.73 Å². The molecule has 0 saturated heterocycles. The first kappa shape index (κ1) is 20.7. The smallest absolute Gasteiger partial charge is 0.184 e. The number of nitrogens with one attached hydrogen (secondary N) is 2. The minimum Gasteiger partial charge on any atom is -0.377 e. The predicted octanol–water partition coefficient (Wildman–Crippen LogP) is 4.73. The number of rotatable bonds is 6. The van der Waals surface area contributed by atoms with Crippen LogP contribution in [0.25, 0.3) is 5.70 Å². The highest BCUT2D eigenvalue weighted by Gasteiger charge is 2.29. The van der Waals surface area contributed by atoms with Gasteiger partial charge in [0.25, 0.3) is 0 Å². The Labute approximate surface area is 183 Å². The maximum Gasteiger partial charge on any atom is 0.184 e. The van der Waals surface area contributed by atoms with E-state index in [0.717, 1.165) is 22.6 Å². The first-order valence-corrected chi connectivity index (χ1v) is 10.4. The quantitative estimate of drug-likeness (QED) is 0.511. The Morgan fingerprint density at radius 3 is 2.29 bits per heavy atom. The lowest BCUT2D eigenvalue weighted by molar-refractivity contribution is 0.0961.